The van der Waals surface area contributed by atoms with Crippen LogP contribution >= 0.6 is 24.8 Å². The lowest BCUT2D eigenvalue weighted by atomic mass is 9.89. The lowest BCUT2D eigenvalue weighted by molar-refractivity contribution is -0.108. The van der Waals surface area contributed by atoms with Gasteiger partial charge in [-0.1, -0.05) is 48.5 Å². The van der Waals surface area contributed by atoms with Gasteiger partial charge >= 0.3 is 0 Å². The van der Waals surface area contributed by atoms with E-state index in [4.69, 9.17) is 0 Å². The predicted molar refractivity (Wildman–Crippen MR) is 95.5 cm³/mol. The zero-order valence-electron chi connectivity index (χ0n) is 11.8. The molecule has 3 rings (SSSR count). The highest BCUT2D eigenvalue weighted by Gasteiger charge is 2.12. The maximum atomic E-state index is 11.0. The van der Waals surface area contributed by atoms with Crippen LogP contribution < -0.4 is 0 Å². The first-order valence-corrected chi connectivity index (χ1v) is 6.65. The molecule has 114 valence electrons. The molecule has 0 unspecified atom stereocenters. The molecule has 0 aliphatic carbocycles. The second-order valence-corrected chi connectivity index (χ2v) is 4.79. The molecule has 0 atom stereocenters. The van der Waals surface area contributed by atoms with Gasteiger partial charge < -0.3 is 9.59 Å². The van der Waals surface area contributed by atoms with Crippen molar-refractivity contribution in [1.82, 2.24) is 0 Å². The number of fused-ring (bicyclic) bond motifs is 2. The second kappa shape index (κ2) is 7.92. The smallest absolute Gasteiger partial charge is 0.124 e. The van der Waals surface area contributed by atoms with Crippen LogP contribution in [0.2, 0.25) is 0 Å². The number of aldehydes is 2. The lowest BCUT2D eigenvalue weighted by Crippen LogP contribution is -1.97. The predicted octanol–water partition coefficient (Wildman–Crippen LogP) is 4.32. The van der Waals surface area contributed by atoms with Crippen LogP contribution in [0.15, 0.2) is 48.5 Å². The summed E-state index contributed by atoms with van der Waals surface area (Å²) in [6.45, 7) is 0. The Morgan fingerprint density at radius 2 is 0.864 bits per heavy atom. The van der Waals surface area contributed by atoms with E-state index >= 15 is 0 Å². The number of benzene rings is 3. The zero-order chi connectivity index (χ0) is 13.9. The molecule has 22 heavy (non-hydrogen) atoms. The minimum absolute atomic E-state index is 0. The summed E-state index contributed by atoms with van der Waals surface area (Å²) in [4.78, 5) is 22.0. The van der Waals surface area contributed by atoms with E-state index in [1.807, 2.05) is 48.5 Å². The third kappa shape index (κ3) is 2.99. The van der Waals surface area contributed by atoms with E-state index in [1.54, 1.807) is 0 Å². The van der Waals surface area contributed by atoms with Crippen molar-refractivity contribution in [3.05, 3.63) is 59.7 Å². The number of rotatable bonds is 4. The van der Waals surface area contributed by atoms with E-state index in [0.29, 0.717) is 12.8 Å². The fourth-order valence-electron chi connectivity index (χ4n) is 2.92. The summed E-state index contributed by atoms with van der Waals surface area (Å²) < 4.78 is 0. The van der Waals surface area contributed by atoms with E-state index < -0.39 is 0 Å². The van der Waals surface area contributed by atoms with Crippen LogP contribution in [-0.4, -0.2) is 12.6 Å². The Labute approximate surface area is 141 Å². The minimum atomic E-state index is 0. The Bertz CT molecular complexity index is 688. The lowest BCUT2D eigenvalue weighted by Gasteiger charge is -2.14. The summed E-state index contributed by atoms with van der Waals surface area (Å²) in [6.07, 6.45) is 2.66. The Balaban J connectivity index is 0.00000121. The Hall–Kier alpha value is -1.90. The van der Waals surface area contributed by atoms with Crippen LogP contribution in [0.5, 0.6) is 0 Å². The molecule has 2 nitrogen and oxygen atoms in total. The van der Waals surface area contributed by atoms with Gasteiger partial charge in [0.25, 0.3) is 0 Å². The fraction of sp³-hybridized carbons (Fsp3) is 0.111. The van der Waals surface area contributed by atoms with Crippen molar-refractivity contribution in [2.75, 3.05) is 0 Å². The molecule has 3 aromatic carbocycles. The van der Waals surface area contributed by atoms with Crippen molar-refractivity contribution in [3.63, 3.8) is 0 Å². The molecule has 4 heteroatoms. The first kappa shape index (κ1) is 18.1. The molecule has 0 radical (unpaired) electrons. The van der Waals surface area contributed by atoms with Gasteiger partial charge in [-0.25, -0.2) is 0 Å². The molecule has 0 aliphatic heterocycles. The number of carbonyl (C=O) groups excluding carboxylic acids is 2. The third-order valence-corrected chi connectivity index (χ3v) is 3.73. The number of hydrogen-bond donors (Lipinski definition) is 0. The average molecular weight is 335 g/mol. The van der Waals surface area contributed by atoms with Crippen molar-refractivity contribution >= 4 is 58.9 Å². The molecule has 3 aromatic rings. The zero-order valence-corrected chi connectivity index (χ0v) is 13.5. The van der Waals surface area contributed by atoms with Crippen LogP contribution in [0.1, 0.15) is 11.1 Å². The van der Waals surface area contributed by atoms with Gasteiger partial charge in [-0.05, 0) is 32.7 Å². The second-order valence-electron chi connectivity index (χ2n) is 4.79. The van der Waals surface area contributed by atoms with Crippen molar-refractivity contribution in [1.29, 1.82) is 0 Å². The van der Waals surface area contributed by atoms with Gasteiger partial charge in [0.2, 0.25) is 0 Å². The molecular weight excluding hydrogens is 319 g/mol. The monoisotopic (exact) mass is 334 g/mol. The van der Waals surface area contributed by atoms with Crippen molar-refractivity contribution < 1.29 is 9.59 Å². The standard InChI is InChI=1S/C18H14O2.2ClH/c19-11-9-17-13-5-1-2-6-14(13)18(10-12-20)16-8-4-3-7-15(16)17;;/h1-8,11-12H,9-10H2;2*1H. The summed E-state index contributed by atoms with van der Waals surface area (Å²) in [5.41, 5.74) is 2.08. The average Bonchev–Trinajstić information content (AvgIpc) is 2.50. The van der Waals surface area contributed by atoms with Crippen LogP contribution in [0.25, 0.3) is 21.5 Å². The number of halogens is 2. The van der Waals surface area contributed by atoms with E-state index in [2.05, 4.69) is 0 Å². The third-order valence-electron chi connectivity index (χ3n) is 3.73. The summed E-state index contributed by atoms with van der Waals surface area (Å²) in [5, 5.41) is 4.26. The molecule has 0 saturated heterocycles. The summed E-state index contributed by atoms with van der Waals surface area (Å²) >= 11 is 0. The highest BCUT2D eigenvalue weighted by Crippen LogP contribution is 2.33. The van der Waals surface area contributed by atoms with Gasteiger partial charge in [0.05, 0.1) is 0 Å². The van der Waals surface area contributed by atoms with Crippen LogP contribution in [-0.2, 0) is 22.4 Å². The topological polar surface area (TPSA) is 34.1 Å². The van der Waals surface area contributed by atoms with Crippen molar-refractivity contribution in [2.24, 2.45) is 0 Å². The Morgan fingerprint density at radius 3 is 1.09 bits per heavy atom. The molecule has 0 saturated carbocycles. The molecule has 0 aromatic heterocycles. The van der Waals surface area contributed by atoms with Crippen LogP contribution in [0.4, 0.5) is 0 Å². The molecule has 0 bridgehead atoms. The van der Waals surface area contributed by atoms with Crippen LogP contribution in [0.3, 0.4) is 0 Å². The summed E-state index contributed by atoms with van der Waals surface area (Å²) in [7, 11) is 0. The minimum Gasteiger partial charge on any atom is -0.303 e. The maximum absolute atomic E-state index is 11.0. The van der Waals surface area contributed by atoms with Crippen molar-refractivity contribution in [3.8, 4) is 0 Å². The molecular formula is C18H16Cl2O2. The highest BCUT2D eigenvalue weighted by molar-refractivity contribution is 6.07. The van der Waals surface area contributed by atoms with E-state index in [0.717, 1.165) is 45.2 Å². The molecule has 0 fully saturated rings. The number of carbonyl (C=O) groups is 2. The van der Waals surface area contributed by atoms with E-state index in [9.17, 15) is 9.59 Å². The van der Waals surface area contributed by atoms with Gasteiger partial charge in [0.15, 0.2) is 0 Å². The van der Waals surface area contributed by atoms with Gasteiger partial charge in [0, 0.05) is 12.8 Å². The molecule has 0 spiro atoms. The fourth-order valence-corrected chi connectivity index (χ4v) is 2.92. The number of hydrogen-bond acceptors (Lipinski definition) is 2. The first-order chi connectivity index (χ1) is 9.86. The maximum Gasteiger partial charge on any atom is 0.124 e. The molecule has 0 heterocycles. The quantitative estimate of drug-likeness (QED) is 0.526. The van der Waals surface area contributed by atoms with Crippen molar-refractivity contribution in [2.45, 2.75) is 12.8 Å². The summed E-state index contributed by atoms with van der Waals surface area (Å²) in [5.74, 6) is 0. The molecule has 0 aliphatic rings. The summed E-state index contributed by atoms with van der Waals surface area (Å²) in [6, 6.07) is 16.0. The largest absolute Gasteiger partial charge is 0.303 e. The molecule has 0 amide bonds. The Kier molecular flexibility index (Phi) is 6.54. The SMILES string of the molecule is Cl.Cl.O=CCc1c2ccccc2c(CC=O)c2ccccc12. The van der Waals surface area contributed by atoms with E-state index in [-0.39, 0.29) is 24.8 Å². The van der Waals surface area contributed by atoms with Gasteiger partial charge in [-0.3, -0.25) is 0 Å². The van der Waals surface area contributed by atoms with E-state index in [1.165, 1.54) is 0 Å². The first-order valence-electron chi connectivity index (χ1n) is 6.65. The normalized spacial score (nSPS) is 9.82. The van der Waals surface area contributed by atoms with Gasteiger partial charge in [0.1, 0.15) is 12.6 Å². The van der Waals surface area contributed by atoms with Gasteiger partial charge in [-0.15, -0.1) is 24.8 Å². The Morgan fingerprint density at radius 1 is 0.591 bits per heavy atom. The van der Waals surface area contributed by atoms with Gasteiger partial charge in [-0.2, -0.15) is 0 Å². The molecule has 0 N–H and O–H groups in total. The highest BCUT2D eigenvalue weighted by atomic mass is 35.5. The van der Waals surface area contributed by atoms with Crippen LogP contribution in [0, 0.1) is 0 Å².